The Morgan fingerprint density at radius 1 is 1.41 bits per heavy atom. The molecule has 0 saturated heterocycles. The predicted octanol–water partition coefficient (Wildman–Crippen LogP) is 1.63. The Morgan fingerprint density at radius 3 is 3.06 bits per heavy atom. The van der Waals surface area contributed by atoms with Crippen molar-refractivity contribution in [1.82, 2.24) is 24.7 Å². The number of halogens is 1. The third-order valence-electron chi connectivity index (χ3n) is 2.30. The quantitative estimate of drug-likeness (QED) is 0.454. The summed E-state index contributed by atoms with van der Waals surface area (Å²) < 4.78 is 13.5. The summed E-state index contributed by atoms with van der Waals surface area (Å²) in [7, 11) is 0. The van der Waals surface area contributed by atoms with Crippen molar-refractivity contribution in [3.8, 4) is 11.3 Å². The number of anilines is 1. The van der Waals surface area contributed by atoms with Crippen LogP contribution in [0.15, 0.2) is 23.8 Å². The number of fused-ring (bicyclic) bond motifs is 1. The fraction of sp³-hybridized carbons (Fsp3) is 0. The lowest BCUT2D eigenvalue weighted by molar-refractivity contribution is 0.232. The summed E-state index contributed by atoms with van der Waals surface area (Å²) >= 11 is 0.886. The smallest absolute Gasteiger partial charge is 0.131 e. The van der Waals surface area contributed by atoms with Gasteiger partial charge < -0.3 is 5.73 Å². The van der Waals surface area contributed by atoms with Gasteiger partial charge in [0.25, 0.3) is 0 Å². The van der Waals surface area contributed by atoms with Crippen LogP contribution in [0.2, 0.25) is 0 Å². The molecule has 0 atom stereocenters. The van der Waals surface area contributed by atoms with Crippen molar-refractivity contribution >= 4 is 23.8 Å². The van der Waals surface area contributed by atoms with Crippen molar-refractivity contribution in [3.63, 3.8) is 0 Å². The second kappa shape index (κ2) is 3.74. The fourth-order valence-corrected chi connectivity index (χ4v) is 2.19. The monoisotopic (exact) mass is 250 g/mol. The topological polar surface area (TPSA) is 83.7 Å². The van der Waals surface area contributed by atoms with Gasteiger partial charge in [-0.1, -0.05) is 4.48 Å². The SMILES string of the molecule is Nc1[nH]ncc1-c1ncnc2c1C=CN(F)S2. The van der Waals surface area contributed by atoms with Crippen LogP contribution in [0.1, 0.15) is 5.56 Å². The van der Waals surface area contributed by atoms with Gasteiger partial charge in [0.1, 0.15) is 17.2 Å². The maximum absolute atomic E-state index is 13.0. The van der Waals surface area contributed by atoms with Gasteiger partial charge in [-0.15, -0.1) is 0 Å². The lowest BCUT2D eigenvalue weighted by Gasteiger charge is -2.15. The zero-order valence-corrected chi connectivity index (χ0v) is 9.28. The number of nitrogen functional groups attached to an aromatic ring is 1. The molecule has 3 heterocycles. The van der Waals surface area contributed by atoms with Crippen LogP contribution >= 0.6 is 11.9 Å². The minimum absolute atomic E-state index is 0.423. The summed E-state index contributed by atoms with van der Waals surface area (Å²) in [5, 5.41) is 7.01. The first-order valence-corrected chi connectivity index (χ1v) is 5.48. The summed E-state index contributed by atoms with van der Waals surface area (Å²) in [5.74, 6) is 0.423. The van der Waals surface area contributed by atoms with E-state index in [0.717, 1.165) is 17.5 Å². The maximum Gasteiger partial charge on any atom is 0.131 e. The zero-order chi connectivity index (χ0) is 11.8. The maximum atomic E-state index is 13.0. The van der Waals surface area contributed by atoms with E-state index < -0.39 is 0 Å². The molecule has 3 rings (SSSR count). The number of nitrogens with zero attached hydrogens (tertiary/aromatic N) is 4. The van der Waals surface area contributed by atoms with Crippen LogP contribution in [-0.2, 0) is 0 Å². The molecule has 8 heteroatoms. The van der Waals surface area contributed by atoms with Crippen molar-refractivity contribution in [3.05, 3.63) is 24.3 Å². The number of H-pyrrole nitrogens is 1. The van der Waals surface area contributed by atoms with Crippen molar-refractivity contribution in [2.45, 2.75) is 5.03 Å². The van der Waals surface area contributed by atoms with E-state index in [4.69, 9.17) is 5.73 Å². The van der Waals surface area contributed by atoms with Crippen molar-refractivity contribution in [2.24, 2.45) is 0 Å². The van der Waals surface area contributed by atoms with Crippen LogP contribution in [-0.4, -0.2) is 24.7 Å². The van der Waals surface area contributed by atoms with Crippen molar-refractivity contribution in [2.75, 3.05) is 5.73 Å². The van der Waals surface area contributed by atoms with Crippen LogP contribution in [0.3, 0.4) is 0 Å². The summed E-state index contributed by atoms with van der Waals surface area (Å²) in [5.41, 5.74) is 7.79. The Kier molecular flexibility index (Phi) is 2.22. The third kappa shape index (κ3) is 1.62. The molecule has 0 spiro atoms. The number of nitrogens with one attached hydrogen (secondary N) is 1. The number of aromatic amines is 1. The Balaban J connectivity index is 2.19. The minimum atomic E-state index is 0.423. The highest BCUT2D eigenvalue weighted by Crippen LogP contribution is 2.36. The highest BCUT2D eigenvalue weighted by Gasteiger charge is 2.19. The molecule has 0 saturated carbocycles. The first-order chi connectivity index (χ1) is 8.25. The molecule has 0 fully saturated rings. The van der Waals surface area contributed by atoms with Crippen LogP contribution in [0.25, 0.3) is 17.3 Å². The van der Waals surface area contributed by atoms with Crippen molar-refractivity contribution in [1.29, 1.82) is 0 Å². The summed E-state index contributed by atoms with van der Waals surface area (Å²) in [4.78, 5) is 8.18. The first kappa shape index (κ1) is 10.1. The molecule has 0 amide bonds. The van der Waals surface area contributed by atoms with Gasteiger partial charge in [-0.3, -0.25) is 5.10 Å². The van der Waals surface area contributed by atoms with Gasteiger partial charge in [0.15, 0.2) is 0 Å². The summed E-state index contributed by atoms with van der Waals surface area (Å²) in [6.45, 7) is 0. The van der Waals surface area contributed by atoms with Crippen LogP contribution in [0, 0.1) is 0 Å². The average molecular weight is 250 g/mol. The van der Waals surface area contributed by atoms with E-state index in [0.29, 0.717) is 26.6 Å². The Hall–Kier alpha value is -2.09. The molecule has 0 aliphatic carbocycles. The summed E-state index contributed by atoms with van der Waals surface area (Å²) in [6, 6.07) is 0. The molecule has 0 bridgehead atoms. The fourth-order valence-electron chi connectivity index (χ4n) is 1.55. The molecule has 1 aliphatic heterocycles. The van der Waals surface area contributed by atoms with Gasteiger partial charge in [0.2, 0.25) is 0 Å². The number of rotatable bonds is 1. The minimum Gasteiger partial charge on any atom is -0.384 e. The number of aromatic nitrogens is 4. The first-order valence-electron chi connectivity index (χ1n) is 4.71. The van der Waals surface area contributed by atoms with E-state index in [2.05, 4.69) is 20.2 Å². The van der Waals surface area contributed by atoms with E-state index in [1.807, 2.05) is 0 Å². The van der Waals surface area contributed by atoms with Crippen LogP contribution in [0.4, 0.5) is 10.3 Å². The molecular weight excluding hydrogens is 243 g/mol. The Bertz CT molecular complexity index is 595. The molecule has 6 nitrogen and oxygen atoms in total. The third-order valence-corrected chi connectivity index (χ3v) is 3.10. The molecule has 0 aromatic carbocycles. The Labute approximate surface area is 99.8 Å². The Morgan fingerprint density at radius 2 is 2.29 bits per heavy atom. The van der Waals surface area contributed by atoms with E-state index in [-0.39, 0.29) is 0 Å². The van der Waals surface area contributed by atoms with E-state index in [1.54, 1.807) is 12.3 Å². The highest BCUT2D eigenvalue weighted by molar-refractivity contribution is 7.97. The normalized spacial score (nSPS) is 13.8. The number of hydrogen-bond donors (Lipinski definition) is 2. The number of hydrogen-bond acceptors (Lipinski definition) is 6. The van der Waals surface area contributed by atoms with Gasteiger partial charge in [0.05, 0.1) is 17.5 Å². The lowest BCUT2D eigenvalue weighted by atomic mass is 10.1. The standard InChI is InChI=1S/C9H7FN6S/c10-16-2-1-5-7(6-3-14-15-8(6)11)12-4-13-9(5)17-16/h1-4H,(H3,11,14,15). The van der Waals surface area contributed by atoms with Gasteiger partial charge >= 0.3 is 0 Å². The molecule has 2 aromatic heterocycles. The van der Waals surface area contributed by atoms with Gasteiger partial charge in [0, 0.05) is 23.7 Å². The van der Waals surface area contributed by atoms with E-state index in [1.165, 1.54) is 12.5 Å². The van der Waals surface area contributed by atoms with Gasteiger partial charge in [-0.2, -0.15) is 9.63 Å². The second-order valence-corrected chi connectivity index (χ2v) is 4.24. The zero-order valence-electron chi connectivity index (χ0n) is 8.46. The predicted molar refractivity (Wildman–Crippen MR) is 61.9 cm³/mol. The summed E-state index contributed by atoms with van der Waals surface area (Å²) in [6.07, 6.45) is 5.86. The number of nitrogens with two attached hydrogens (primary N) is 1. The molecule has 17 heavy (non-hydrogen) atoms. The van der Waals surface area contributed by atoms with Gasteiger partial charge in [-0.25, -0.2) is 9.97 Å². The average Bonchev–Trinajstić information content (AvgIpc) is 2.74. The second-order valence-electron chi connectivity index (χ2n) is 3.32. The largest absolute Gasteiger partial charge is 0.384 e. The van der Waals surface area contributed by atoms with Crippen LogP contribution in [0.5, 0.6) is 0 Å². The van der Waals surface area contributed by atoms with Gasteiger partial charge in [-0.05, 0) is 6.08 Å². The molecule has 0 radical (unpaired) electrons. The lowest BCUT2D eigenvalue weighted by Crippen LogP contribution is -2.04. The molecular formula is C9H7FN6S. The van der Waals surface area contributed by atoms with E-state index >= 15 is 0 Å². The van der Waals surface area contributed by atoms with E-state index in [9.17, 15) is 4.48 Å². The highest BCUT2D eigenvalue weighted by atomic mass is 32.2. The molecule has 0 unspecified atom stereocenters. The molecule has 2 aromatic rings. The van der Waals surface area contributed by atoms with Crippen LogP contribution < -0.4 is 5.73 Å². The molecule has 86 valence electrons. The molecule has 3 N–H and O–H groups in total. The van der Waals surface area contributed by atoms with Crippen molar-refractivity contribution < 1.29 is 4.48 Å². The molecule has 1 aliphatic rings.